The van der Waals surface area contributed by atoms with E-state index >= 15 is 0 Å². The van der Waals surface area contributed by atoms with Crippen LogP contribution >= 0.6 is 11.3 Å². The number of fused-ring (bicyclic) bond motifs is 1. The van der Waals surface area contributed by atoms with Gasteiger partial charge in [-0.25, -0.2) is 9.07 Å². The smallest absolute Gasteiger partial charge is 0.206 e. The van der Waals surface area contributed by atoms with E-state index in [0.29, 0.717) is 13.2 Å². The third kappa shape index (κ3) is 4.24. The van der Waals surface area contributed by atoms with Crippen LogP contribution in [0.2, 0.25) is 0 Å². The van der Waals surface area contributed by atoms with Crippen LogP contribution in [0.3, 0.4) is 0 Å². The molecule has 2 heterocycles. The lowest BCUT2D eigenvalue weighted by Crippen LogP contribution is -2.17. The van der Waals surface area contributed by atoms with Crippen LogP contribution in [-0.2, 0) is 0 Å². The first-order chi connectivity index (χ1) is 14.0. The molecule has 0 radical (unpaired) electrons. The molecule has 0 atom stereocenters. The molecular weight excluding hydrogens is 389 g/mol. The number of thiazole rings is 1. The lowest BCUT2D eigenvalue weighted by molar-refractivity contribution is 0.171. The van der Waals surface area contributed by atoms with Crippen molar-refractivity contribution in [2.24, 2.45) is 10.1 Å². The van der Waals surface area contributed by atoms with Crippen LogP contribution in [0.1, 0.15) is 26.3 Å². The Morgan fingerprint density at radius 1 is 1.07 bits per heavy atom. The molecule has 0 spiro atoms. The second-order valence-electron chi connectivity index (χ2n) is 6.99. The van der Waals surface area contributed by atoms with Crippen molar-refractivity contribution in [1.82, 2.24) is 4.68 Å². The number of benzene rings is 2. The lowest BCUT2D eigenvalue weighted by atomic mass is 10.1. The van der Waals surface area contributed by atoms with E-state index in [1.807, 2.05) is 49.0 Å². The molecule has 0 unspecified atom stereocenters. The predicted octanol–water partition coefficient (Wildman–Crippen LogP) is 4.71. The minimum absolute atomic E-state index is 0.130. The summed E-state index contributed by atoms with van der Waals surface area (Å²) in [5.74, 6) is 1.21. The van der Waals surface area contributed by atoms with Crippen LogP contribution in [0.15, 0.2) is 57.9 Å². The minimum atomic E-state index is -0.265. The second-order valence-corrected chi connectivity index (χ2v) is 7.83. The number of aromatic nitrogens is 1. The highest BCUT2D eigenvalue weighted by molar-refractivity contribution is 7.07. The Morgan fingerprint density at radius 3 is 2.52 bits per heavy atom. The zero-order chi connectivity index (χ0) is 20.4. The van der Waals surface area contributed by atoms with Gasteiger partial charge in [-0.2, -0.15) is 5.10 Å². The Bertz CT molecular complexity index is 1110. The molecule has 7 heteroatoms. The molecule has 4 rings (SSSR count). The number of hydrogen-bond acceptors (Lipinski definition) is 5. The van der Waals surface area contributed by atoms with Crippen molar-refractivity contribution in [3.8, 4) is 22.8 Å². The summed E-state index contributed by atoms with van der Waals surface area (Å²) in [4.78, 5) is 5.48. The zero-order valence-corrected chi connectivity index (χ0v) is 17.4. The molecule has 0 saturated heterocycles. The highest BCUT2D eigenvalue weighted by Crippen LogP contribution is 2.31. The summed E-state index contributed by atoms with van der Waals surface area (Å²) in [6.45, 7) is 7.10. The van der Waals surface area contributed by atoms with E-state index < -0.39 is 0 Å². The maximum absolute atomic E-state index is 13.4. The van der Waals surface area contributed by atoms with Crippen LogP contribution < -0.4 is 14.3 Å². The van der Waals surface area contributed by atoms with E-state index in [-0.39, 0.29) is 11.9 Å². The van der Waals surface area contributed by atoms with Crippen LogP contribution in [0.5, 0.6) is 11.5 Å². The quantitative estimate of drug-likeness (QED) is 0.584. The highest BCUT2D eigenvalue weighted by Gasteiger charge is 2.14. The molecule has 0 fully saturated rings. The second kappa shape index (κ2) is 8.21. The van der Waals surface area contributed by atoms with Gasteiger partial charge in [0.05, 0.1) is 11.4 Å². The molecule has 29 heavy (non-hydrogen) atoms. The van der Waals surface area contributed by atoms with Crippen LogP contribution in [0.25, 0.3) is 11.3 Å². The Balaban J connectivity index is 1.80. The van der Waals surface area contributed by atoms with Crippen LogP contribution in [0, 0.1) is 5.82 Å². The summed E-state index contributed by atoms with van der Waals surface area (Å²) >= 11 is 1.51. The van der Waals surface area contributed by atoms with Crippen molar-refractivity contribution in [3.05, 3.63) is 64.0 Å². The molecule has 0 N–H and O–H groups in total. The molecule has 1 aliphatic heterocycles. The van der Waals surface area contributed by atoms with Crippen molar-refractivity contribution in [2.75, 3.05) is 13.2 Å². The summed E-state index contributed by atoms with van der Waals surface area (Å²) < 4.78 is 26.5. The standard InChI is InChI=1S/C22H22FN3O2S/c1-14(2)24-22-26(19(13-29-22)16-4-7-18(23)8-5-16)25-15(3)17-6-9-20-21(12-17)28-11-10-27-20/h4-9,12-14H,10-11H2,1-3H3. The maximum atomic E-state index is 13.4. The van der Waals surface area contributed by atoms with Gasteiger partial charge in [0.25, 0.3) is 0 Å². The Kier molecular flexibility index (Phi) is 5.49. The Labute approximate surface area is 172 Å². The molecule has 5 nitrogen and oxygen atoms in total. The predicted molar refractivity (Wildman–Crippen MR) is 113 cm³/mol. The van der Waals surface area contributed by atoms with E-state index in [0.717, 1.165) is 38.8 Å². The fraction of sp³-hybridized carbons (Fsp3) is 0.273. The molecule has 0 bridgehead atoms. The number of hydrogen-bond donors (Lipinski definition) is 0. The van der Waals surface area contributed by atoms with Crippen molar-refractivity contribution in [1.29, 1.82) is 0 Å². The average molecular weight is 412 g/mol. The Morgan fingerprint density at radius 2 is 1.79 bits per heavy atom. The third-order valence-corrected chi connectivity index (χ3v) is 5.23. The minimum Gasteiger partial charge on any atom is -0.486 e. The van der Waals surface area contributed by atoms with Gasteiger partial charge in [-0.05, 0) is 63.2 Å². The number of rotatable bonds is 4. The fourth-order valence-electron chi connectivity index (χ4n) is 3.00. The largest absolute Gasteiger partial charge is 0.486 e. The van der Waals surface area contributed by atoms with Gasteiger partial charge in [-0.1, -0.05) is 0 Å². The molecule has 1 aliphatic rings. The van der Waals surface area contributed by atoms with Gasteiger partial charge in [-0.15, -0.1) is 11.3 Å². The number of halogens is 1. The van der Waals surface area contributed by atoms with Crippen LogP contribution in [0.4, 0.5) is 4.39 Å². The zero-order valence-electron chi connectivity index (χ0n) is 16.6. The summed E-state index contributed by atoms with van der Waals surface area (Å²) in [6.07, 6.45) is 0. The summed E-state index contributed by atoms with van der Waals surface area (Å²) in [7, 11) is 0. The molecule has 3 aromatic rings. The first-order valence-corrected chi connectivity index (χ1v) is 10.3. The van der Waals surface area contributed by atoms with E-state index in [2.05, 4.69) is 0 Å². The van der Waals surface area contributed by atoms with E-state index in [1.54, 1.807) is 12.1 Å². The molecular formula is C22H22FN3O2S. The average Bonchev–Trinajstić information content (AvgIpc) is 3.09. The molecule has 0 saturated carbocycles. The number of nitrogens with zero attached hydrogens (tertiary/aromatic N) is 3. The Hall–Kier alpha value is -2.93. The highest BCUT2D eigenvalue weighted by atomic mass is 32.1. The molecule has 0 aliphatic carbocycles. The third-order valence-electron chi connectivity index (χ3n) is 4.40. The SMILES string of the molecule is CC(=Nn1c(-c2ccc(F)cc2)csc1=NC(C)C)c1ccc2c(c1)OCCO2. The van der Waals surface area contributed by atoms with Crippen molar-refractivity contribution in [3.63, 3.8) is 0 Å². The molecule has 0 amide bonds. The number of ether oxygens (including phenoxy) is 2. The van der Waals surface area contributed by atoms with E-state index in [1.165, 1.54) is 23.5 Å². The van der Waals surface area contributed by atoms with Gasteiger partial charge in [0.15, 0.2) is 11.5 Å². The van der Waals surface area contributed by atoms with Crippen molar-refractivity contribution >= 4 is 17.0 Å². The molecule has 1 aromatic heterocycles. The maximum Gasteiger partial charge on any atom is 0.206 e. The molecule has 2 aromatic carbocycles. The van der Waals surface area contributed by atoms with Crippen molar-refractivity contribution < 1.29 is 13.9 Å². The van der Waals surface area contributed by atoms with Gasteiger partial charge in [0, 0.05) is 22.5 Å². The first-order valence-electron chi connectivity index (χ1n) is 9.47. The van der Waals surface area contributed by atoms with Gasteiger partial charge in [0.2, 0.25) is 4.80 Å². The van der Waals surface area contributed by atoms with Crippen LogP contribution in [-0.4, -0.2) is 29.6 Å². The fourth-order valence-corrected chi connectivity index (χ4v) is 3.96. The van der Waals surface area contributed by atoms with Gasteiger partial charge in [0.1, 0.15) is 19.0 Å². The van der Waals surface area contributed by atoms with E-state index in [4.69, 9.17) is 19.6 Å². The lowest BCUT2D eigenvalue weighted by Gasteiger charge is -2.18. The van der Waals surface area contributed by atoms with E-state index in [9.17, 15) is 4.39 Å². The van der Waals surface area contributed by atoms with Crippen molar-refractivity contribution in [2.45, 2.75) is 26.8 Å². The van der Waals surface area contributed by atoms with Gasteiger partial charge >= 0.3 is 0 Å². The summed E-state index contributed by atoms with van der Waals surface area (Å²) in [5.41, 5.74) is 3.50. The van der Waals surface area contributed by atoms with Gasteiger partial charge < -0.3 is 9.47 Å². The normalized spacial score (nSPS) is 14.5. The summed E-state index contributed by atoms with van der Waals surface area (Å²) in [5, 5.41) is 6.84. The summed E-state index contributed by atoms with van der Waals surface area (Å²) in [6, 6.07) is 12.4. The molecule has 150 valence electrons. The monoisotopic (exact) mass is 411 g/mol. The first kappa shape index (κ1) is 19.4. The van der Waals surface area contributed by atoms with Gasteiger partial charge in [-0.3, -0.25) is 4.99 Å². The topological polar surface area (TPSA) is 48.1 Å².